The Bertz CT molecular complexity index is 717. The van der Waals surface area contributed by atoms with Gasteiger partial charge < -0.3 is 9.64 Å². The van der Waals surface area contributed by atoms with E-state index in [1.165, 1.54) is 16.9 Å². The number of carbonyl (C=O) groups excluding carboxylic acids is 1. The van der Waals surface area contributed by atoms with Gasteiger partial charge in [0.05, 0.1) is 6.10 Å². The molecule has 144 valence electrons. The van der Waals surface area contributed by atoms with E-state index < -0.39 is 0 Å². The minimum Gasteiger partial charge on any atom is -0.377 e. The van der Waals surface area contributed by atoms with Crippen molar-refractivity contribution in [2.24, 2.45) is 0 Å². The van der Waals surface area contributed by atoms with Crippen LogP contribution in [0.1, 0.15) is 46.5 Å². The van der Waals surface area contributed by atoms with Crippen LogP contribution in [0.4, 0.5) is 0 Å². The van der Waals surface area contributed by atoms with E-state index in [4.69, 9.17) is 4.74 Å². The zero-order valence-electron chi connectivity index (χ0n) is 15.8. The molecular formula is C22H28N2O2S. The molecule has 5 heteroatoms. The third kappa shape index (κ3) is 4.98. The molecule has 0 radical (unpaired) electrons. The van der Waals surface area contributed by atoms with Crippen molar-refractivity contribution in [3.8, 4) is 0 Å². The monoisotopic (exact) mass is 384 g/mol. The third-order valence-electron chi connectivity index (χ3n) is 5.45. The molecule has 0 saturated carbocycles. The summed E-state index contributed by atoms with van der Waals surface area (Å²) in [6.07, 6.45) is 4.94. The number of likely N-dealkylation sites (tertiary alicyclic amines) is 1. The maximum atomic E-state index is 12.5. The van der Waals surface area contributed by atoms with Gasteiger partial charge in [0.1, 0.15) is 0 Å². The van der Waals surface area contributed by atoms with Crippen molar-refractivity contribution in [2.75, 3.05) is 26.2 Å². The number of amides is 1. The first-order chi connectivity index (χ1) is 13.3. The average molecular weight is 385 g/mol. The number of nitrogens with zero attached hydrogens (tertiary/aromatic N) is 2. The summed E-state index contributed by atoms with van der Waals surface area (Å²) in [6, 6.07) is 12.5. The first-order valence-electron chi connectivity index (χ1n) is 10.0. The van der Waals surface area contributed by atoms with Crippen LogP contribution in [0.2, 0.25) is 0 Å². The Labute approximate surface area is 165 Å². The van der Waals surface area contributed by atoms with Crippen molar-refractivity contribution in [1.29, 1.82) is 0 Å². The lowest BCUT2D eigenvalue weighted by Crippen LogP contribution is -2.31. The number of carbonyl (C=O) groups is 1. The van der Waals surface area contributed by atoms with Crippen LogP contribution in [0.15, 0.2) is 41.8 Å². The van der Waals surface area contributed by atoms with Crippen LogP contribution in [-0.2, 0) is 17.8 Å². The van der Waals surface area contributed by atoms with E-state index in [9.17, 15) is 4.79 Å². The molecule has 2 saturated heterocycles. The van der Waals surface area contributed by atoms with E-state index in [0.717, 1.165) is 64.2 Å². The number of thiophene rings is 1. The average Bonchev–Trinajstić information content (AvgIpc) is 3.45. The standard InChI is InChI=1S/C22H28N2O2S/c25-22(24-11-1-2-12-24)19-9-7-18(8-10-19)15-23(16-20-5-3-13-26-20)17-21-6-4-14-27-21/h4,6-10,14,20H,1-3,5,11-13,15-17H2. The van der Waals surface area contributed by atoms with Crippen LogP contribution in [0, 0.1) is 0 Å². The number of benzene rings is 1. The van der Waals surface area contributed by atoms with Gasteiger partial charge in [-0.05, 0) is 54.8 Å². The Hall–Kier alpha value is -1.69. The number of rotatable bonds is 7. The van der Waals surface area contributed by atoms with E-state index in [1.54, 1.807) is 0 Å². The maximum absolute atomic E-state index is 12.5. The quantitative estimate of drug-likeness (QED) is 0.718. The van der Waals surface area contributed by atoms with E-state index in [1.807, 2.05) is 28.4 Å². The maximum Gasteiger partial charge on any atom is 0.253 e. The highest BCUT2D eigenvalue weighted by Gasteiger charge is 2.21. The Balaban J connectivity index is 1.40. The van der Waals surface area contributed by atoms with Gasteiger partial charge in [-0.3, -0.25) is 9.69 Å². The van der Waals surface area contributed by atoms with Crippen LogP contribution < -0.4 is 0 Å². The smallest absolute Gasteiger partial charge is 0.253 e. The van der Waals surface area contributed by atoms with Gasteiger partial charge >= 0.3 is 0 Å². The van der Waals surface area contributed by atoms with E-state index >= 15 is 0 Å². The lowest BCUT2D eigenvalue weighted by Gasteiger charge is -2.25. The first-order valence-corrected chi connectivity index (χ1v) is 10.9. The van der Waals surface area contributed by atoms with Crippen LogP contribution in [0.25, 0.3) is 0 Å². The SMILES string of the molecule is O=C(c1ccc(CN(Cc2cccs2)CC2CCCO2)cc1)N1CCCC1. The molecule has 0 aliphatic carbocycles. The fourth-order valence-electron chi connectivity index (χ4n) is 4.00. The Morgan fingerprint density at radius 2 is 1.93 bits per heavy atom. The molecule has 0 spiro atoms. The van der Waals surface area contributed by atoms with Gasteiger partial charge in [-0.15, -0.1) is 11.3 Å². The second kappa shape index (κ2) is 9.00. The highest BCUT2D eigenvalue weighted by atomic mass is 32.1. The summed E-state index contributed by atoms with van der Waals surface area (Å²) in [5, 5.41) is 2.14. The van der Waals surface area contributed by atoms with E-state index in [-0.39, 0.29) is 5.91 Å². The van der Waals surface area contributed by atoms with Gasteiger partial charge in [0.2, 0.25) is 0 Å². The largest absolute Gasteiger partial charge is 0.377 e. The highest BCUT2D eigenvalue weighted by Crippen LogP contribution is 2.20. The Morgan fingerprint density at radius 1 is 1.11 bits per heavy atom. The van der Waals surface area contributed by atoms with Gasteiger partial charge in [0, 0.05) is 49.8 Å². The molecule has 4 nitrogen and oxygen atoms in total. The fourth-order valence-corrected chi connectivity index (χ4v) is 4.74. The zero-order chi connectivity index (χ0) is 18.5. The highest BCUT2D eigenvalue weighted by molar-refractivity contribution is 7.09. The summed E-state index contributed by atoms with van der Waals surface area (Å²) in [6.45, 7) is 5.49. The second-order valence-electron chi connectivity index (χ2n) is 7.58. The molecule has 0 N–H and O–H groups in total. The molecule has 1 atom stereocenters. The van der Waals surface area contributed by atoms with E-state index in [2.05, 4.69) is 34.5 Å². The first kappa shape index (κ1) is 18.7. The van der Waals surface area contributed by atoms with Crippen LogP contribution >= 0.6 is 11.3 Å². The number of hydrogen-bond donors (Lipinski definition) is 0. The summed E-state index contributed by atoms with van der Waals surface area (Å²) in [5.74, 6) is 0.175. The van der Waals surface area contributed by atoms with Crippen molar-refractivity contribution in [3.05, 3.63) is 57.8 Å². The summed E-state index contributed by atoms with van der Waals surface area (Å²) in [5.41, 5.74) is 2.06. The van der Waals surface area contributed by atoms with E-state index in [0.29, 0.717) is 6.10 Å². The van der Waals surface area contributed by atoms with Crippen molar-refractivity contribution in [1.82, 2.24) is 9.80 Å². The molecule has 2 fully saturated rings. The minimum atomic E-state index is 0.175. The van der Waals surface area contributed by atoms with Gasteiger partial charge in [0.15, 0.2) is 0 Å². The van der Waals surface area contributed by atoms with Gasteiger partial charge in [0.25, 0.3) is 5.91 Å². The molecule has 1 unspecified atom stereocenters. The summed E-state index contributed by atoms with van der Waals surface area (Å²) >= 11 is 1.81. The Morgan fingerprint density at radius 3 is 2.59 bits per heavy atom. The van der Waals surface area contributed by atoms with Crippen LogP contribution in [0.5, 0.6) is 0 Å². The molecule has 2 aliphatic heterocycles. The molecule has 3 heterocycles. The van der Waals surface area contributed by atoms with Crippen LogP contribution in [0.3, 0.4) is 0 Å². The lowest BCUT2D eigenvalue weighted by atomic mass is 10.1. The topological polar surface area (TPSA) is 32.8 Å². The van der Waals surface area contributed by atoms with Crippen LogP contribution in [-0.4, -0.2) is 48.1 Å². The molecule has 2 aromatic rings. The minimum absolute atomic E-state index is 0.175. The molecule has 4 rings (SSSR count). The molecule has 1 aromatic heterocycles. The van der Waals surface area contributed by atoms with Crippen molar-refractivity contribution in [2.45, 2.75) is 44.9 Å². The van der Waals surface area contributed by atoms with Gasteiger partial charge in [-0.2, -0.15) is 0 Å². The third-order valence-corrected chi connectivity index (χ3v) is 6.31. The predicted octanol–water partition coefficient (Wildman–Crippen LogP) is 4.17. The fraction of sp³-hybridized carbons (Fsp3) is 0.500. The van der Waals surface area contributed by atoms with Crippen molar-refractivity contribution in [3.63, 3.8) is 0 Å². The summed E-state index contributed by atoms with van der Waals surface area (Å²) in [7, 11) is 0. The molecule has 0 bridgehead atoms. The van der Waals surface area contributed by atoms with Gasteiger partial charge in [-0.25, -0.2) is 0 Å². The zero-order valence-corrected chi connectivity index (χ0v) is 16.6. The lowest BCUT2D eigenvalue weighted by molar-refractivity contribution is 0.0682. The molecule has 1 amide bonds. The summed E-state index contributed by atoms with van der Waals surface area (Å²) < 4.78 is 5.86. The Kier molecular flexibility index (Phi) is 6.22. The molecule has 1 aromatic carbocycles. The normalized spacial score (nSPS) is 19.9. The van der Waals surface area contributed by atoms with Gasteiger partial charge in [-0.1, -0.05) is 18.2 Å². The molecule has 2 aliphatic rings. The predicted molar refractivity (Wildman–Crippen MR) is 109 cm³/mol. The van der Waals surface area contributed by atoms with Crippen molar-refractivity contribution >= 4 is 17.2 Å². The number of hydrogen-bond acceptors (Lipinski definition) is 4. The summed E-state index contributed by atoms with van der Waals surface area (Å²) in [4.78, 5) is 18.3. The molecule has 27 heavy (non-hydrogen) atoms. The second-order valence-corrected chi connectivity index (χ2v) is 8.61. The van der Waals surface area contributed by atoms with Crippen molar-refractivity contribution < 1.29 is 9.53 Å². The molecular weight excluding hydrogens is 356 g/mol. The number of ether oxygens (including phenoxy) is 1.